The number of hydrogen-bond donors (Lipinski definition) is 0. The highest BCUT2D eigenvalue weighted by Gasteiger charge is 2.28. The fraction of sp³-hybridized carbons (Fsp3) is 0.462. The molecule has 0 saturated carbocycles. The van der Waals surface area contributed by atoms with Crippen LogP contribution in [0.1, 0.15) is 76.3 Å². The summed E-state index contributed by atoms with van der Waals surface area (Å²) < 4.78 is 0. The van der Waals surface area contributed by atoms with E-state index in [9.17, 15) is 0 Å². The Kier molecular flexibility index (Phi) is 5.05. The molecule has 1 unspecified atom stereocenters. The summed E-state index contributed by atoms with van der Waals surface area (Å²) in [6.07, 6.45) is 2.46. The lowest BCUT2D eigenvalue weighted by Crippen LogP contribution is -2.17. The van der Waals surface area contributed by atoms with Crippen LogP contribution in [0.4, 0.5) is 0 Å². The molecule has 1 aliphatic carbocycles. The third-order valence-corrected chi connectivity index (χ3v) is 8.20. The van der Waals surface area contributed by atoms with Crippen molar-refractivity contribution in [3.63, 3.8) is 0 Å². The predicted octanol–water partition coefficient (Wildman–Crippen LogP) is 7.48. The molecule has 1 heteroatoms. The molecule has 1 atom stereocenters. The van der Waals surface area contributed by atoms with Gasteiger partial charge in [-0.25, -0.2) is 0 Å². The van der Waals surface area contributed by atoms with Crippen molar-refractivity contribution in [1.82, 2.24) is 0 Å². The summed E-state index contributed by atoms with van der Waals surface area (Å²) in [5.41, 5.74) is 11.2. The summed E-state index contributed by atoms with van der Waals surface area (Å²) >= 11 is 0. The molecule has 3 rings (SSSR count). The first-order valence-electron chi connectivity index (χ1n) is 10.4. The van der Waals surface area contributed by atoms with Gasteiger partial charge in [0.2, 0.25) is 0 Å². The van der Waals surface area contributed by atoms with Gasteiger partial charge in [0.25, 0.3) is 0 Å². The monoisotopic (exact) mass is 376 g/mol. The number of benzene rings is 2. The summed E-state index contributed by atoms with van der Waals surface area (Å²) in [6, 6.07) is 14.2. The molecule has 0 fully saturated rings. The minimum absolute atomic E-state index is 0.146. The lowest BCUT2D eigenvalue weighted by atomic mass is 9.78. The van der Waals surface area contributed by atoms with Crippen LogP contribution in [0, 0.1) is 0 Å². The third-order valence-electron chi connectivity index (χ3n) is 5.98. The summed E-state index contributed by atoms with van der Waals surface area (Å²) in [5.74, 6) is 0. The molecule has 0 spiro atoms. The van der Waals surface area contributed by atoms with Gasteiger partial charge in [-0.3, -0.25) is 0 Å². The van der Waals surface area contributed by atoms with Crippen molar-refractivity contribution in [2.45, 2.75) is 77.9 Å². The van der Waals surface area contributed by atoms with Crippen LogP contribution in [0.3, 0.4) is 0 Å². The van der Waals surface area contributed by atoms with E-state index in [1.54, 1.807) is 11.1 Å². The minimum Gasteiger partial charge on any atom is -0.0714 e. The maximum atomic E-state index is 2.47. The average molecular weight is 377 g/mol. The summed E-state index contributed by atoms with van der Waals surface area (Å²) in [6.45, 7) is 21.2. The van der Waals surface area contributed by atoms with Crippen LogP contribution < -0.4 is 0 Å². The summed E-state index contributed by atoms with van der Waals surface area (Å²) in [4.78, 5) is 0. The first kappa shape index (κ1) is 20.1. The van der Waals surface area contributed by atoms with Crippen LogP contribution in [0.5, 0.6) is 0 Å². The van der Waals surface area contributed by atoms with E-state index in [-0.39, 0.29) is 10.8 Å². The Labute approximate surface area is 168 Å². The van der Waals surface area contributed by atoms with Crippen LogP contribution in [0.15, 0.2) is 42.0 Å². The van der Waals surface area contributed by atoms with Crippen molar-refractivity contribution >= 4 is 14.9 Å². The normalized spacial score (nSPS) is 17.3. The molecule has 0 aromatic heterocycles. The Morgan fingerprint density at radius 2 is 1.37 bits per heavy atom. The number of allylic oxidation sites excluding steroid dienone is 1. The molecule has 0 amide bonds. The highest BCUT2D eigenvalue weighted by atomic mass is 28.3. The predicted molar refractivity (Wildman–Crippen MR) is 125 cm³/mol. The van der Waals surface area contributed by atoms with E-state index in [4.69, 9.17) is 0 Å². The van der Waals surface area contributed by atoms with Crippen LogP contribution in [0.2, 0.25) is 13.1 Å². The second-order valence-electron chi connectivity index (χ2n) is 10.7. The lowest BCUT2D eigenvalue weighted by Gasteiger charge is -2.27. The molecule has 1 aliphatic rings. The quantitative estimate of drug-likeness (QED) is 0.477. The topological polar surface area (TPSA) is 0 Å². The Balaban J connectivity index is 2.25. The molecule has 144 valence electrons. The molecule has 0 heterocycles. The zero-order valence-corrected chi connectivity index (χ0v) is 19.9. The Bertz CT molecular complexity index is 853. The maximum absolute atomic E-state index is 2.47. The first-order valence-corrected chi connectivity index (χ1v) is 13.3. The molecule has 0 bridgehead atoms. The molecule has 0 N–H and O–H groups in total. The fourth-order valence-electron chi connectivity index (χ4n) is 4.36. The van der Waals surface area contributed by atoms with E-state index < -0.39 is 8.80 Å². The van der Waals surface area contributed by atoms with Gasteiger partial charge < -0.3 is 0 Å². The van der Waals surface area contributed by atoms with E-state index in [1.807, 2.05) is 0 Å². The molecule has 0 aliphatic heterocycles. The van der Waals surface area contributed by atoms with Crippen molar-refractivity contribution in [3.05, 3.63) is 64.2 Å². The maximum Gasteiger partial charge on any atom is 0.0439 e. The van der Waals surface area contributed by atoms with Crippen molar-refractivity contribution in [2.75, 3.05) is 0 Å². The van der Waals surface area contributed by atoms with Crippen molar-refractivity contribution in [1.29, 1.82) is 0 Å². The van der Waals surface area contributed by atoms with Crippen molar-refractivity contribution in [2.24, 2.45) is 0 Å². The van der Waals surface area contributed by atoms with Gasteiger partial charge in [-0.1, -0.05) is 103 Å². The van der Waals surface area contributed by atoms with Gasteiger partial charge in [0.15, 0.2) is 0 Å². The van der Waals surface area contributed by atoms with Gasteiger partial charge in [0.05, 0.1) is 0 Å². The van der Waals surface area contributed by atoms with Gasteiger partial charge in [-0.05, 0) is 56.7 Å². The molecule has 0 radical (unpaired) electrons. The zero-order chi connectivity index (χ0) is 20.1. The first-order chi connectivity index (χ1) is 12.4. The minimum atomic E-state index is -0.775. The second kappa shape index (κ2) is 6.78. The fourth-order valence-corrected chi connectivity index (χ4v) is 6.52. The molecule has 27 heavy (non-hydrogen) atoms. The van der Waals surface area contributed by atoms with Gasteiger partial charge >= 0.3 is 0 Å². The van der Waals surface area contributed by atoms with Crippen LogP contribution in [-0.2, 0) is 10.8 Å². The van der Waals surface area contributed by atoms with Gasteiger partial charge in [0.1, 0.15) is 0 Å². The van der Waals surface area contributed by atoms with Crippen molar-refractivity contribution < 1.29 is 0 Å². The van der Waals surface area contributed by atoms with Crippen LogP contribution in [-0.4, -0.2) is 8.80 Å². The molecular weight excluding hydrogens is 340 g/mol. The lowest BCUT2D eigenvalue weighted by molar-refractivity contribution is 0.569. The van der Waals surface area contributed by atoms with E-state index in [0.717, 1.165) is 0 Å². The van der Waals surface area contributed by atoms with E-state index in [0.29, 0.717) is 5.54 Å². The van der Waals surface area contributed by atoms with Crippen LogP contribution in [0.25, 0.3) is 17.2 Å². The number of rotatable bonds is 2. The molecule has 2 aromatic rings. The summed E-state index contributed by atoms with van der Waals surface area (Å²) in [5, 5.41) is 0. The zero-order valence-electron chi connectivity index (χ0n) is 18.7. The standard InChI is InChI=1S/C26H36Si/c1-17-13-23-21(11-10-12-22(23)24(17)27(8)9)18-14-19(25(2,3)4)16-20(15-18)26(5,6)7/h10-16,24,27H,1-9H3. The van der Waals surface area contributed by atoms with Gasteiger partial charge in [0, 0.05) is 8.80 Å². The summed E-state index contributed by atoms with van der Waals surface area (Å²) in [7, 11) is -0.775. The third kappa shape index (κ3) is 3.85. The largest absolute Gasteiger partial charge is 0.0714 e. The van der Waals surface area contributed by atoms with Crippen molar-refractivity contribution in [3.8, 4) is 11.1 Å². The number of fused-ring (bicyclic) bond motifs is 1. The van der Waals surface area contributed by atoms with E-state index in [1.165, 1.54) is 27.8 Å². The van der Waals surface area contributed by atoms with E-state index >= 15 is 0 Å². The highest BCUT2D eigenvalue weighted by molar-refractivity contribution is 6.58. The molecular formula is C26H36Si. The van der Waals surface area contributed by atoms with E-state index in [2.05, 4.69) is 104 Å². The van der Waals surface area contributed by atoms with Gasteiger partial charge in [-0.15, -0.1) is 0 Å². The Morgan fingerprint density at radius 1 is 0.815 bits per heavy atom. The van der Waals surface area contributed by atoms with Gasteiger partial charge in [-0.2, -0.15) is 0 Å². The number of hydrogen-bond acceptors (Lipinski definition) is 0. The smallest absolute Gasteiger partial charge is 0.0439 e. The Morgan fingerprint density at radius 3 is 1.85 bits per heavy atom. The SMILES string of the molecule is CC1=Cc2c(-c3cc(C(C)(C)C)cc(C(C)(C)C)c3)cccc2C1[SiH](C)C. The average Bonchev–Trinajstić information content (AvgIpc) is 2.88. The molecule has 0 saturated heterocycles. The Hall–Kier alpha value is -1.60. The van der Waals surface area contributed by atoms with Crippen LogP contribution >= 0.6 is 0 Å². The highest BCUT2D eigenvalue weighted by Crippen LogP contribution is 2.43. The molecule has 2 aromatic carbocycles. The second-order valence-corrected chi connectivity index (χ2v) is 13.9. The molecule has 0 nitrogen and oxygen atoms in total.